The van der Waals surface area contributed by atoms with Crippen molar-refractivity contribution in [3.8, 4) is 5.75 Å². The highest BCUT2D eigenvalue weighted by Gasteiger charge is 2.45. The number of fused-ring (bicyclic) bond motifs is 4. The van der Waals surface area contributed by atoms with E-state index in [-0.39, 0.29) is 18.1 Å². The number of nitrogens with zero attached hydrogens (tertiary/aromatic N) is 3. The number of amides is 2. The molecule has 0 radical (unpaired) electrons. The Morgan fingerprint density at radius 3 is 3.08 bits per heavy atom. The molecule has 3 aliphatic rings. The Morgan fingerprint density at radius 1 is 1.36 bits per heavy atom. The minimum absolute atomic E-state index is 0.00126. The summed E-state index contributed by atoms with van der Waals surface area (Å²) in [5.74, 6) is 0.944. The Bertz CT molecular complexity index is 849. The molecule has 2 fully saturated rings. The van der Waals surface area contributed by atoms with E-state index in [1.54, 1.807) is 11.3 Å². The van der Waals surface area contributed by atoms with Gasteiger partial charge >= 0.3 is 6.03 Å². The highest BCUT2D eigenvalue weighted by Crippen LogP contribution is 2.40. The summed E-state index contributed by atoms with van der Waals surface area (Å²) in [6.45, 7) is 0.724. The van der Waals surface area contributed by atoms with Crippen LogP contribution in [0.1, 0.15) is 24.8 Å². The number of carbonyl (C=O) groups excluding carboxylic acids is 1. The minimum Gasteiger partial charge on any atom is -0.493 e. The number of ether oxygens (including phenoxy) is 1. The van der Waals surface area contributed by atoms with E-state index in [0.717, 1.165) is 53.4 Å². The SMILES string of the molecule is CN(C)[C@H]1CC[C@@H]2[C@H](C1)NC(=O)N2c1nc2c3c(ccc2s1)OCC3. The number of urea groups is 1. The van der Waals surface area contributed by atoms with Crippen molar-refractivity contribution in [3.05, 3.63) is 17.7 Å². The molecular formula is C18H22N4O2S. The number of carbonyl (C=O) groups is 1. The standard InChI is InChI=1S/C18H22N4O2S/c1-21(2)10-3-4-13-12(9-10)19-17(23)22(13)18-20-16-11-7-8-24-14(11)5-6-15(16)25-18/h5-6,10,12-13H,3-4,7-9H2,1-2H3,(H,19,23)/t10-,12-,13+/m0/s1. The van der Waals surface area contributed by atoms with Crippen molar-refractivity contribution in [1.82, 2.24) is 15.2 Å². The van der Waals surface area contributed by atoms with E-state index in [2.05, 4.69) is 30.4 Å². The summed E-state index contributed by atoms with van der Waals surface area (Å²) in [5.41, 5.74) is 2.20. The van der Waals surface area contributed by atoms with E-state index in [9.17, 15) is 4.79 Å². The number of hydrogen-bond acceptors (Lipinski definition) is 5. The topological polar surface area (TPSA) is 57.7 Å². The van der Waals surface area contributed by atoms with Crippen LogP contribution in [-0.4, -0.2) is 54.7 Å². The van der Waals surface area contributed by atoms with Gasteiger partial charge in [0.1, 0.15) is 5.75 Å². The van der Waals surface area contributed by atoms with Crippen LogP contribution in [0.3, 0.4) is 0 Å². The molecule has 25 heavy (non-hydrogen) atoms. The van der Waals surface area contributed by atoms with Crippen molar-refractivity contribution in [2.75, 3.05) is 25.6 Å². The number of rotatable bonds is 2. The van der Waals surface area contributed by atoms with Gasteiger partial charge in [-0.05, 0) is 45.5 Å². The van der Waals surface area contributed by atoms with E-state index < -0.39 is 0 Å². The number of thiazole rings is 1. The lowest BCUT2D eigenvalue weighted by atomic mass is 9.87. The van der Waals surface area contributed by atoms with Crippen molar-refractivity contribution in [1.29, 1.82) is 0 Å². The first-order chi connectivity index (χ1) is 12.1. The normalized spacial score (nSPS) is 28.2. The first kappa shape index (κ1) is 15.4. The fourth-order valence-electron chi connectivity index (χ4n) is 4.43. The summed E-state index contributed by atoms with van der Waals surface area (Å²) in [6.07, 6.45) is 4.05. The van der Waals surface area contributed by atoms with Crippen LogP contribution in [0.4, 0.5) is 9.93 Å². The Balaban J connectivity index is 1.49. The van der Waals surface area contributed by atoms with Crippen LogP contribution >= 0.6 is 11.3 Å². The molecule has 1 aliphatic carbocycles. The largest absolute Gasteiger partial charge is 0.493 e. The molecule has 3 heterocycles. The van der Waals surface area contributed by atoms with Gasteiger partial charge in [0, 0.05) is 18.0 Å². The molecule has 0 bridgehead atoms. The summed E-state index contributed by atoms with van der Waals surface area (Å²) in [5, 5.41) is 4.01. The van der Waals surface area contributed by atoms with Crippen LogP contribution in [-0.2, 0) is 6.42 Å². The number of anilines is 1. The lowest BCUT2D eigenvalue weighted by Gasteiger charge is -2.36. The minimum atomic E-state index is 0.00126. The van der Waals surface area contributed by atoms with Crippen LogP contribution in [0.5, 0.6) is 5.75 Å². The zero-order valence-corrected chi connectivity index (χ0v) is 15.3. The highest BCUT2D eigenvalue weighted by molar-refractivity contribution is 7.22. The van der Waals surface area contributed by atoms with Crippen LogP contribution in [0.15, 0.2) is 12.1 Å². The van der Waals surface area contributed by atoms with Crippen molar-refractivity contribution < 1.29 is 9.53 Å². The number of benzene rings is 1. The van der Waals surface area contributed by atoms with E-state index in [1.807, 2.05) is 11.0 Å². The Morgan fingerprint density at radius 2 is 2.24 bits per heavy atom. The Kier molecular flexibility index (Phi) is 3.43. The zero-order valence-electron chi connectivity index (χ0n) is 14.5. The van der Waals surface area contributed by atoms with Gasteiger partial charge in [0.25, 0.3) is 0 Å². The van der Waals surface area contributed by atoms with Gasteiger partial charge in [0.05, 0.1) is 28.9 Å². The summed E-state index contributed by atoms with van der Waals surface area (Å²) in [7, 11) is 4.24. The third-order valence-corrected chi connectivity index (χ3v) is 6.82. The zero-order chi connectivity index (χ0) is 17.1. The maximum atomic E-state index is 12.7. The third-order valence-electron chi connectivity index (χ3n) is 5.80. The fourth-order valence-corrected chi connectivity index (χ4v) is 5.49. The molecule has 1 saturated carbocycles. The number of aromatic nitrogens is 1. The first-order valence-electron chi connectivity index (χ1n) is 8.93. The molecule has 0 unspecified atom stereocenters. The Labute approximate surface area is 150 Å². The maximum Gasteiger partial charge on any atom is 0.324 e. The van der Waals surface area contributed by atoms with Gasteiger partial charge in [-0.25, -0.2) is 9.78 Å². The molecule has 2 aliphatic heterocycles. The fraction of sp³-hybridized carbons (Fsp3) is 0.556. The van der Waals surface area contributed by atoms with E-state index in [4.69, 9.17) is 9.72 Å². The predicted molar refractivity (Wildman–Crippen MR) is 98.7 cm³/mol. The molecule has 5 rings (SSSR count). The average Bonchev–Trinajstić information content (AvgIpc) is 3.28. The number of nitrogens with one attached hydrogen (secondary N) is 1. The van der Waals surface area contributed by atoms with E-state index in [0.29, 0.717) is 6.04 Å². The molecule has 2 amide bonds. The second-order valence-corrected chi connectivity index (χ2v) is 8.42. The molecule has 6 nitrogen and oxygen atoms in total. The molecule has 1 saturated heterocycles. The molecule has 1 N–H and O–H groups in total. The van der Waals surface area contributed by atoms with Gasteiger partial charge in [-0.3, -0.25) is 4.90 Å². The molecule has 7 heteroatoms. The lowest BCUT2D eigenvalue weighted by molar-refractivity contribution is 0.200. The molecule has 1 aromatic heterocycles. The molecule has 3 atom stereocenters. The number of hydrogen-bond donors (Lipinski definition) is 1. The molecular weight excluding hydrogens is 336 g/mol. The van der Waals surface area contributed by atoms with Gasteiger partial charge in [0.2, 0.25) is 0 Å². The van der Waals surface area contributed by atoms with Crippen molar-refractivity contribution in [2.24, 2.45) is 0 Å². The highest BCUT2D eigenvalue weighted by atomic mass is 32.1. The van der Waals surface area contributed by atoms with Crippen LogP contribution in [0.25, 0.3) is 10.2 Å². The van der Waals surface area contributed by atoms with Gasteiger partial charge < -0.3 is 15.0 Å². The van der Waals surface area contributed by atoms with Gasteiger partial charge in [-0.1, -0.05) is 11.3 Å². The molecule has 2 aromatic rings. The summed E-state index contributed by atoms with van der Waals surface area (Å²) >= 11 is 1.62. The monoisotopic (exact) mass is 358 g/mol. The Hall–Kier alpha value is -1.86. The van der Waals surface area contributed by atoms with E-state index in [1.165, 1.54) is 5.56 Å². The summed E-state index contributed by atoms with van der Waals surface area (Å²) in [4.78, 5) is 21.7. The smallest absolute Gasteiger partial charge is 0.324 e. The average molecular weight is 358 g/mol. The van der Waals surface area contributed by atoms with Crippen LogP contribution < -0.4 is 15.0 Å². The molecule has 0 spiro atoms. The first-order valence-corrected chi connectivity index (χ1v) is 9.75. The van der Waals surface area contributed by atoms with Crippen molar-refractivity contribution in [3.63, 3.8) is 0 Å². The summed E-state index contributed by atoms with van der Waals surface area (Å²) in [6, 6.07) is 5.07. The third kappa shape index (κ3) is 2.33. The second kappa shape index (κ2) is 5.57. The lowest BCUT2D eigenvalue weighted by Crippen LogP contribution is -2.46. The van der Waals surface area contributed by atoms with Gasteiger partial charge in [-0.15, -0.1) is 0 Å². The van der Waals surface area contributed by atoms with Gasteiger partial charge in [-0.2, -0.15) is 0 Å². The quantitative estimate of drug-likeness (QED) is 0.897. The van der Waals surface area contributed by atoms with Crippen LogP contribution in [0.2, 0.25) is 0 Å². The predicted octanol–water partition coefficient (Wildman–Crippen LogP) is 2.61. The van der Waals surface area contributed by atoms with Crippen molar-refractivity contribution in [2.45, 2.75) is 43.8 Å². The van der Waals surface area contributed by atoms with Crippen molar-refractivity contribution >= 4 is 32.7 Å². The van der Waals surface area contributed by atoms with Gasteiger partial charge in [0.15, 0.2) is 5.13 Å². The molecule has 132 valence electrons. The summed E-state index contributed by atoms with van der Waals surface area (Å²) < 4.78 is 6.79. The second-order valence-electron chi connectivity index (χ2n) is 7.41. The maximum absolute atomic E-state index is 12.7. The van der Waals surface area contributed by atoms with Crippen LogP contribution in [0, 0.1) is 0 Å². The van der Waals surface area contributed by atoms with E-state index >= 15 is 0 Å². The molecule has 1 aromatic carbocycles.